The highest BCUT2D eigenvalue weighted by Gasteiger charge is 2.41. The highest BCUT2D eigenvalue weighted by Crippen LogP contribution is 2.35. The van der Waals surface area contributed by atoms with Gasteiger partial charge in [0.2, 0.25) is 5.91 Å². The van der Waals surface area contributed by atoms with Gasteiger partial charge in [-0.2, -0.15) is 0 Å². The van der Waals surface area contributed by atoms with Gasteiger partial charge in [-0.25, -0.2) is 4.79 Å². The third-order valence-electron chi connectivity index (χ3n) is 6.65. The van der Waals surface area contributed by atoms with Crippen molar-refractivity contribution in [2.24, 2.45) is 5.73 Å². The number of hydrogen-bond donors (Lipinski definition) is 3. The normalized spacial score (nSPS) is 23.0. The van der Waals surface area contributed by atoms with Crippen molar-refractivity contribution in [1.82, 2.24) is 4.90 Å². The molecule has 1 aliphatic heterocycles. The first-order valence-electron chi connectivity index (χ1n) is 10.7. The summed E-state index contributed by atoms with van der Waals surface area (Å²) in [6.07, 6.45) is 2.43. The Morgan fingerprint density at radius 1 is 1.19 bits per heavy atom. The number of anilines is 2. The van der Waals surface area contributed by atoms with Crippen LogP contribution in [0.15, 0.2) is 36.4 Å². The van der Waals surface area contributed by atoms with Gasteiger partial charge in [0, 0.05) is 23.5 Å². The number of nitrogens with two attached hydrogens (primary N) is 1. The maximum Gasteiger partial charge on any atom is 0.322 e. The average Bonchev–Trinajstić information content (AvgIpc) is 2.75. The van der Waals surface area contributed by atoms with Crippen LogP contribution in [0.3, 0.4) is 0 Å². The smallest absolute Gasteiger partial charge is 0.322 e. The lowest BCUT2D eigenvalue weighted by Gasteiger charge is -2.42. The van der Waals surface area contributed by atoms with Crippen LogP contribution in [-0.2, 0) is 11.3 Å². The van der Waals surface area contributed by atoms with Gasteiger partial charge in [-0.3, -0.25) is 4.79 Å². The van der Waals surface area contributed by atoms with Crippen molar-refractivity contribution in [3.63, 3.8) is 0 Å². The standard InChI is InChI=1S/C24H30N4O3/c1-15-5-4-6-20-19(15)14-28(23(30)27-20)18-9-11-24(25,12-10-18)22(29)26-17-8-7-16(2)21(13-17)31-3/h4-8,13,18H,9-12,14,25H2,1-3H3,(H,26,29)(H,27,30). The van der Waals surface area contributed by atoms with Gasteiger partial charge in [-0.05, 0) is 68.4 Å². The molecule has 7 heteroatoms. The molecule has 0 unspecified atom stereocenters. The van der Waals surface area contributed by atoms with Crippen LogP contribution in [0.25, 0.3) is 0 Å². The summed E-state index contributed by atoms with van der Waals surface area (Å²) in [7, 11) is 1.61. The van der Waals surface area contributed by atoms with Gasteiger partial charge in [-0.1, -0.05) is 18.2 Å². The number of nitrogens with zero attached hydrogens (tertiary/aromatic N) is 1. The number of hydrogen-bond acceptors (Lipinski definition) is 4. The molecule has 0 aromatic heterocycles. The van der Waals surface area contributed by atoms with Crippen LogP contribution in [0.2, 0.25) is 0 Å². The summed E-state index contributed by atoms with van der Waals surface area (Å²) in [4.78, 5) is 27.5. The van der Waals surface area contributed by atoms with E-state index in [1.807, 2.05) is 36.1 Å². The molecule has 7 nitrogen and oxygen atoms in total. The molecular weight excluding hydrogens is 392 g/mol. The molecule has 4 N–H and O–H groups in total. The Morgan fingerprint density at radius 3 is 2.65 bits per heavy atom. The molecule has 2 aromatic carbocycles. The Bertz CT molecular complexity index is 1010. The summed E-state index contributed by atoms with van der Waals surface area (Å²) in [6, 6.07) is 11.5. The number of methoxy groups -OCH3 is 1. The van der Waals surface area contributed by atoms with Gasteiger partial charge in [0.1, 0.15) is 5.75 Å². The largest absolute Gasteiger partial charge is 0.496 e. The lowest BCUT2D eigenvalue weighted by atomic mass is 9.78. The number of carbonyl (C=O) groups is 2. The third-order valence-corrected chi connectivity index (χ3v) is 6.65. The number of nitrogens with one attached hydrogen (secondary N) is 2. The Labute approximate surface area is 182 Å². The van der Waals surface area contributed by atoms with Gasteiger partial charge in [0.05, 0.1) is 19.2 Å². The Hall–Kier alpha value is -3.06. The van der Waals surface area contributed by atoms with E-state index in [-0.39, 0.29) is 18.0 Å². The number of carbonyl (C=O) groups excluding carboxylic acids is 2. The molecule has 3 amide bonds. The number of ether oxygens (including phenoxy) is 1. The first-order valence-corrected chi connectivity index (χ1v) is 10.7. The van der Waals surface area contributed by atoms with E-state index < -0.39 is 5.54 Å². The molecule has 0 radical (unpaired) electrons. The van der Waals surface area contributed by atoms with Crippen LogP contribution in [0.1, 0.15) is 42.4 Å². The second-order valence-electron chi connectivity index (χ2n) is 8.68. The zero-order chi connectivity index (χ0) is 22.2. The van der Waals surface area contributed by atoms with E-state index in [9.17, 15) is 9.59 Å². The summed E-state index contributed by atoms with van der Waals surface area (Å²) < 4.78 is 5.34. The van der Waals surface area contributed by atoms with Crippen molar-refractivity contribution in [2.45, 2.75) is 57.7 Å². The van der Waals surface area contributed by atoms with Crippen LogP contribution in [-0.4, -0.2) is 35.5 Å². The molecule has 0 atom stereocenters. The van der Waals surface area contributed by atoms with Crippen LogP contribution >= 0.6 is 0 Å². The van der Waals surface area contributed by atoms with Gasteiger partial charge < -0.3 is 26.0 Å². The van der Waals surface area contributed by atoms with Gasteiger partial charge >= 0.3 is 6.03 Å². The van der Waals surface area contributed by atoms with E-state index in [0.717, 1.165) is 22.6 Å². The quantitative estimate of drug-likeness (QED) is 0.695. The lowest BCUT2D eigenvalue weighted by Crippen LogP contribution is -2.57. The fourth-order valence-electron chi connectivity index (χ4n) is 4.56. The molecule has 1 aliphatic carbocycles. The highest BCUT2D eigenvalue weighted by molar-refractivity contribution is 5.98. The molecule has 0 bridgehead atoms. The van der Waals surface area contributed by atoms with Crippen molar-refractivity contribution in [3.05, 3.63) is 53.1 Å². The lowest BCUT2D eigenvalue weighted by molar-refractivity contribution is -0.122. The Morgan fingerprint density at radius 2 is 1.94 bits per heavy atom. The fourth-order valence-corrected chi connectivity index (χ4v) is 4.56. The van der Waals surface area contributed by atoms with Crippen molar-refractivity contribution in [3.8, 4) is 5.75 Å². The SMILES string of the molecule is COc1cc(NC(=O)C2(N)CCC(N3Cc4c(C)cccc4NC3=O)CC2)ccc1C. The number of fused-ring (bicyclic) bond motifs is 1. The molecular formula is C24H30N4O3. The van der Waals surface area contributed by atoms with E-state index in [0.29, 0.717) is 37.9 Å². The summed E-state index contributed by atoms with van der Waals surface area (Å²) in [5.74, 6) is 0.528. The first-order chi connectivity index (χ1) is 14.8. The molecule has 2 aromatic rings. The summed E-state index contributed by atoms with van der Waals surface area (Å²) in [5, 5.41) is 5.95. The minimum absolute atomic E-state index is 0.0664. The van der Waals surface area contributed by atoms with Crippen molar-refractivity contribution >= 4 is 23.3 Å². The fraction of sp³-hybridized carbons (Fsp3) is 0.417. The van der Waals surface area contributed by atoms with Crippen LogP contribution < -0.4 is 21.1 Å². The predicted molar refractivity (Wildman–Crippen MR) is 121 cm³/mol. The van der Waals surface area contributed by atoms with E-state index in [2.05, 4.69) is 23.6 Å². The minimum Gasteiger partial charge on any atom is -0.496 e. The molecule has 1 saturated carbocycles. The van der Waals surface area contributed by atoms with Crippen molar-refractivity contribution in [2.75, 3.05) is 17.7 Å². The third kappa shape index (κ3) is 4.10. The molecule has 1 heterocycles. The van der Waals surface area contributed by atoms with Crippen LogP contribution in [0.4, 0.5) is 16.2 Å². The van der Waals surface area contributed by atoms with Crippen LogP contribution in [0.5, 0.6) is 5.75 Å². The average molecular weight is 423 g/mol. The highest BCUT2D eigenvalue weighted by atomic mass is 16.5. The van der Waals surface area contributed by atoms with Crippen LogP contribution in [0, 0.1) is 13.8 Å². The molecule has 164 valence electrons. The van der Waals surface area contributed by atoms with E-state index >= 15 is 0 Å². The first kappa shape index (κ1) is 21.2. The zero-order valence-electron chi connectivity index (χ0n) is 18.3. The topological polar surface area (TPSA) is 96.7 Å². The maximum atomic E-state index is 13.0. The number of rotatable bonds is 4. The molecule has 4 rings (SSSR count). The summed E-state index contributed by atoms with van der Waals surface area (Å²) in [6.45, 7) is 4.60. The van der Waals surface area contributed by atoms with Gasteiger partial charge in [0.25, 0.3) is 0 Å². The van der Waals surface area contributed by atoms with Gasteiger partial charge in [-0.15, -0.1) is 0 Å². The van der Waals surface area contributed by atoms with Gasteiger partial charge in [0.15, 0.2) is 0 Å². The second-order valence-corrected chi connectivity index (χ2v) is 8.68. The minimum atomic E-state index is -0.950. The molecule has 0 spiro atoms. The molecule has 2 aliphatic rings. The maximum absolute atomic E-state index is 13.0. The number of aryl methyl sites for hydroxylation is 2. The monoisotopic (exact) mass is 422 g/mol. The summed E-state index contributed by atoms with van der Waals surface area (Å²) >= 11 is 0. The predicted octanol–water partition coefficient (Wildman–Crippen LogP) is 3.94. The second kappa shape index (κ2) is 8.23. The Balaban J connectivity index is 1.41. The van der Waals surface area contributed by atoms with E-state index in [1.165, 1.54) is 5.56 Å². The molecule has 31 heavy (non-hydrogen) atoms. The van der Waals surface area contributed by atoms with Crippen molar-refractivity contribution < 1.29 is 14.3 Å². The van der Waals surface area contributed by atoms with Crippen molar-refractivity contribution in [1.29, 1.82) is 0 Å². The summed E-state index contributed by atoms with van der Waals surface area (Å²) in [5.41, 5.74) is 10.4. The zero-order valence-corrected chi connectivity index (χ0v) is 18.3. The van der Waals surface area contributed by atoms with E-state index in [4.69, 9.17) is 10.5 Å². The molecule has 0 saturated heterocycles. The number of urea groups is 1. The van der Waals surface area contributed by atoms with E-state index in [1.54, 1.807) is 13.2 Å². The number of amides is 3. The Kier molecular flexibility index (Phi) is 5.62. The molecule has 1 fully saturated rings. The number of benzene rings is 2.